The zero-order valence-electron chi connectivity index (χ0n) is 8.98. The van der Waals surface area contributed by atoms with Crippen molar-refractivity contribution in [2.75, 3.05) is 6.26 Å². The molecule has 88 valence electrons. The van der Waals surface area contributed by atoms with Gasteiger partial charge < -0.3 is 4.52 Å². The summed E-state index contributed by atoms with van der Waals surface area (Å²) in [6, 6.07) is 7.25. The Bertz CT molecular complexity index is 531. The Morgan fingerprint density at radius 2 is 1.94 bits per heavy atom. The summed E-state index contributed by atoms with van der Waals surface area (Å²) in [5, 5.41) is 5.89. The van der Waals surface area contributed by atoms with Crippen molar-refractivity contribution in [1.29, 1.82) is 0 Å². The maximum absolute atomic E-state index is 6.04. The molecule has 1 aromatic heterocycles. The topological polar surface area (TPSA) is 26.0 Å². The monoisotopic (exact) mass is 285 g/mol. The van der Waals surface area contributed by atoms with Gasteiger partial charge in [-0.15, -0.1) is 0 Å². The number of halogens is 2. The van der Waals surface area contributed by atoms with Crippen LogP contribution in [0.2, 0.25) is 10.0 Å². The first-order chi connectivity index (χ1) is 8.20. The van der Waals surface area contributed by atoms with Gasteiger partial charge in [-0.2, -0.15) is 0 Å². The molecule has 0 saturated heterocycles. The van der Waals surface area contributed by atoms with Crippen LogP contribution in [0.3, 0.4) is 0 Å². The molecule has 0 fully saturated rings. The van der Waals surface area contributed by atoms with E-state index in [1.54, 1.807) is 12.1 Å². The molecule has 0 unspecified atom stereocenters. The van der Waals surface area contributed by atoms with E-state index in [1.165, 1.54) is 11.8 Å². The molecular formula is C12H9Cl2NOS. The second-order valence-electron chi connectivity index (χ2n) is 3.24. The van der Waals surface area contributed by atoms with E-state index >= 15 is 0 Å². The molecule has 0 aliphatic rings. The summed E-state index contributed by atoms with van der Waals surface area (Å²) < 4.78 is 5.06. The standard InChI is InChI=1S/C12H9Cl2NOS/c1-17-12-7-8(15-16-12)5-6-9-10(13)3-2-4-11(9)14/h2-7H,1H3/b6-5+. The molecule has 0 bridgehead atoms. The third-order valence-corrected chi connectivity index (χ3v) is 3.38. The maximum Gasteiger partial charge on any atom is 0.193 e. The van der Waals surface area contributed by atoms with E-state index in [9.17, 15) is 0 Å². The highest BCUT2D eigenvalue weighted by molar-refractivity contribution is 7.98. The average molecular weight is 286 g/mol. The van der Waals surface area contributed by atoms with Gasteiger partial charge in [0.2, 0.25) is 0 Å². The molecule has 0 amide bonds. The molecule has 2 aromatic rings. The van der Waals surface area contributed by atoms with Gasteiger partial charge >= 0.3 is 0 Å². The minimum Gasteiger partial charge on any atom is -0.349 e. The van der Waals surface area contributed by atoms with Gasteiger partial charge in [-0.1, -0.05) is 46.2 Å². The van der Waals surface area contributed by atoms with Crippen molar-refractivity contribution < 1.29 is 4.52 Å². The summed E-state index contributed by atoms with van der Waals surface area (Å²) in [4.78, 5) is 0. The normalized spacial score (nSPS) is 11.2. The number of hydrogen-bond donors (Lipinski definition) is 0. The number of thioether (sulfide) groups is 1. The van der Waals surface area contributed by atoms with E-state index in [1.807, 2.05) is 30.5 Å². The van der Waals surface area contributed by atoms with Crippen molar-refractivity contribution in [2.24, 2.45) is 0 Å². The van der Waals surface area contributed by atoms with Crippen LogP contribution in [-0.2, 0) is 0 Å². The average Bonchev–Trinajstić information content (AvgIpc) is 2.76. The Morgan fingerprint density at radius 1 is 1.24 bits per heavy atom. The number of benzene rings is 1. The maximum atomic E-state index is 6.04. The summed E-state index contributed by atoms with van der Waals surface area (Å²) in [6.45, 7) is 0. The van der Waals surface area contributed by atoms with Crippen LogP contribution in [0.25, 0.3) is 12.2 Å². The number of nitrogens with zero attached hydrogens (tertiary/aromatic N) is 1. The highest BCUT2D eigenvalue weighted by atomic mass is 35.5. The number of hydrogen-bond acceptors (Lipinski definition) is 3. The molecule has 1 aromatic carbocycles. The molecule has 0 aliphatic carbocycles. The largest absolute Gasteiger partial charge is 0.349 e. The van der Waals surface area contributed by atoms with E-state index < -0.39 is 0 Å². The molecule has 2 nitrogen and oxygen atoms in total. The molecule has 0 N–H and O–H groups in total. The van der Waals surface area contributed by atoms with E-state index in [4.69, 9.17) is 27.7 Å². The van der Waals surface area contributed by atoms with Crippen molar-refractivity contribution in [1.82, 2.24) is 5.16 Å². The zero-order chi connectivity index (χ0) is 12.3. The summed E-state index contributed by atoms with van der Waals surface area (Å²) in [5.74, 6) is 0. The second-order valence-corrected chi connectivity index (χ2v) is 4.87. The quantitative estimate of drug-likeness (QED) is 0.752. The predicted octanol–water partition coefficient (Wildman–Crippen LogP) is 4.87. The third kappa shape index (κ3) is 3.06. The molecule has 2 rings (SSSR count). The first kappa shape index (κ1) is 12.6. The van der Waals surface area contributed by atoms with Crippen LogP contribution in [0.5, 0.6) is 0 Å². The van der Waals surface area contributed by atoms with Gasteiger partial charge in [-0.25, -0.2) is 0 Å². The summed E-state index contributed by atoms with van der Waals surface area (Å²) in [7, 11) is 0. The van der Waals surface area contributed by atoms with Crippen LogP contribution in [0.4, 0.5) is 0 Å². The van der Waals surface area contributed by atoms with Gasteiger partial charge in [0, 0.05) is 21.7 Å². The number of rotatable bonds is 3. The second kappa shape index (κ2) is 5.63. The summed E-state index contributed by atoms with van der Waals surface area (Å²) in [5.41, 5.74) is 1.52. The predicted molar refractivity (Wildman–Crippen MR) is 73.7 cm³/mol. The lowest BCUT2D eigenvalue weighted by atomic mass is 10.2. The van der Waals surface area contributed by atoms with Crippen molar-refractivity contribution in [3.05, 3.63) is 45.6 Å². The Kier molecular flexibility index (Phi) is 4.15. The van der Waals surface area contributed by atoms with E-state index in [0.29, 0.717) is 10.0 Å². The van der Waals surface area contributed by atoms with Crippen LogP contribution in [0.15, 0.2) is 33.9 Å². The van der Waals surface area contributed by atoms with Crippen molar-refractivity contribution in [3.63, 3.8) is 0 Å². The summed E-state index contributed by atoms with van der Waals surface area (Å²) in [6.07, 6.45) is 5.57. The smallest absolute Gasteiger partial charge is 0.193 e. The zero-order valence-corrected chi connectivity index (χ0v) is 11.3. The molecule has 0 aliphatic heterocycles. The fourth-order valence-corrected chi connectivity index (χ4v) is 2.16. The van der Waals surface area contributed by atoms with Gasteiger partial charge in [-0.05, 0) is 30.5 Å². The lowest BCUT2D eigenvalue weighted by molar-refractivity contribution is 0.349. The van der Waals surface area contributed by atoms with Crippen LogP contribution >= 0.6 is 35.0 Å². The van der Waals surface area contributed by atoms with Gasteiger partial charge in [-0.3, -0.25) is 0 Å². The van der Waals surface area contributed by atoms with Gasteiger partial charge in [0.1, 0.15) is 5.69 Å². The van der Waals surface area contributed by atoms with Gasteiger partial charge in [0.05, 0.1) is 0 Å². The highest BCUT2D eigenvalue weighted by Gasteiger charge is 2.03. The molecule has 0 saturated carbocycles. The molecule has 5 heteroatoms. The summed E-state index contributed by atoms with van der Waals surface area (Å²) >= 11 is 13.6. The third-order valence-electron chi connectivity index (χ3n) is 2.13. The fourth-order valence-electron chi connectivity index (χ4n) is 1.28. The lowest BCUT2D eigenvalue weighted by Crippen LogP contribution is -1.77. The van der Waals surface area contributed by atoms with E-state index in [2.05, 4.69) is 5.16 Å². The van der Waals surface area contributed by atoms with Crippen molar-refractivity contribution >= 4 is 47.1 Å². The number of aromatic nitrogens is 1. The molecule has 0 spiro atoms. The lowest BCUT2D eigenvalue weighted by Gasteiger charge is -1.99. The SMILES string of the molecule is CSc1cc(/C=C/c2c(Cl)cccc2Cl)no1. The minimum atomic E-state index is 0.613. The first-order valence-corrected chi connectivity index (χ1v) is 6.81. The van der Waals surface area contributed by atoms with Gasteiger partial charge in [0.25, 0.3) is 0 Å². The molecule has 0 atom stereocenters. The Hall–Kier alpha value is -0.900. The van der Waals surface area contributed by atoms with Crippen molar-refractivity contribution in [3.8, 4) is 0 Å². The van der Waals surface area contributed by atoms with Gasteiger partial charge in [0.15, 0.2) is 5.09 Å². The minimum absolute atomic E-state index is 0.613. The molecule has 0 radical (unpaired) electrons. The Labute approximate surface area is 114 Å². The van der Waals surface area contributed by atoms with Crippen LogP contribution in [-0.4, -0.2) is 11.4 Å². The Balaban J connectivity index is 2.25. The van der Waals surface area contributed by atoms with Crippen LogP contribution < -0.4 is 0 Å². The van der Waals surface area contributed by atoms with Crippen LogP contribution in [0.1, 0.15) is 11.3 Å². The highest BCUT2D eigenvalue weighted by Crippen LogP contribution is 2.26. The fraction of sp³-hybridized carbons (Fsp3) is 0.0833. The molecule has 1 heterocycles. The molecule has 17 heavy (non-hydrogen) atoms. The van der Waals surface area contributed by atoms with E-state index in [-0.39, 0.29) is 0 Å². The Morgan fingerprint density at radius 3 is 2.53 bits per heavy atom. The first-order valence-electron chi connectivity index (χ1n) is 4.83. The van der Waals surface area contributed by atoms with E-state index in [0.717, 1.165) is 16.3 Å². The van der Waals surface area contributed by atoms with Crippen LogP contribution in [0, 0.1) is 0 Å². The molecular weight excluding hydrogens is 277 g/mol. The van der Waals surface area contributed by atoms with Crippen molar-refractivity contribution in [2.45, 2.75) is 5.09 Å².